The summed E-state index contributed by atoms with van der Waals surface area (Å²) >= 11 is 0. The number of aliphatic carboxylic acids is 1. The van der Waals surface area contributed by atoms with Crippen LogP contribution >= 0.6 is 0 Å². The van der Waals surface area contributed by atoms with Gasteiger partial charge in [-0.3, -0.25) is 14.7 Å². The molecule has 2 aromatic rings. The molecule has 0 amide bonds. The maximum absolute atomic E-state index is 11.3. The molecule has 1 aromatic carbocycles. The third kappa shape index (κ3) is 2.97. The van der Waals surface area contributed by atoms with Crippen molar-refractivity contribution >= 4 is 16.7 Å². The Kier molecular flexibility index (Phi) is 4.39. The van der Waals surface area contributed by atoms with E-state index >= 15 is 0 Å². The van der Waals surface area contributed by atoms with E-state index in [0.717, 1.165) is 31.2 Å². The topological polar surface area (TPSA) is 53.4 Å². The van der Waals surface area contributed by atoms with Crippen LogP contribution < -0.4 is 0 Å². The Labute approximate surface area is 130 Å². The van der Waals surface area contributed by atoms with E-state index in [0.29, 0.717) is 12.6 Å². The maximum Gasteiger partial charge on any atom is 0.307 e. The van der Waals surface area contributed by atoms with Crippen LogP contribution in [0.5, 0.6) is 0 Å². The van der Waals surface area contributed by atoms with Gasteiger partial charge in [0.2, 0.25) is 0 Å². The molecule has 4 heteroatoms. The molecule has 0 saturated carbocycles. The van der Waals surface area contributed by atoms with Crippen LogP contribution in [0.25, 0.3) is 10.8 Å². The predicted molar refractivity (Wildman–Crippen MR) is 86.7 cm³/mol. The Morgan fingerprint density at radius 2 is 2.27 bits per heavy atom. The van der Waals surface area contributed by atoms with Gasteiger partial charge in [0.15, 0.2) is 0 Å². The third-order valence-corrected chi connectivity index (χ3v) is 4.68. The molecule has 4 nitrogen and oxygen atoms in total. The fraction of sp³-hybridized carbons (Fsp3) is 0.444. The minimum Gasteiger partial charge on any atom is -0.481 e. The van der Waals surface area contributed by atoms with Gasteiger partial charge in [0.05, 0.1) is 5.92 Å². The van der Waals surface area contributed by atoms with Gasteiger partial charge < -0.3 is 5.11 Å². The lowest BCUT2D eigenvalue weighted by Gasteiger charge is -2.37. The van der Waals surface area contributed by atoms with Gasteiger partial charge >= 0.3 is 5.97 Å². The number of rotatable bonds is 4. The molecule has 1 saturated heterocycles. The van der Waals surface area contributed by atoms with Gasteiger partial charge in [-0.2, -0.15) is 0 Å². The Hall–Kier alpha value is -1.94. The van der Waals surface area contributed by atoms with E-state index in [1.54, 1.807) is 0 Å². The van der Waals surface area contributed by atoms with Crippen LogP contribution in [0, 0.1) is 5.92 Å². The average Bonchev–Trinajstić information content (AvgIpc) is 2.56. The molecule has 3 rings (SSSR count). The molecule has 1 aliphatic heterocycles. The molecule has 22 heavy (non-hydrogen) atoms. The summed E-state index contributed by atoms with van der Waals surface area (Å²) in [6.45, 7) is 3.81. The second kappa shape index (κ2) is 6.44. The molecule has 1 fully saturated rings. The van der Waals surface area contributed by atoms with E-state index in [-0.39, 0.29) is 5.92 Å². The second-order valence-corrected chi connectivity index (χ2v) is 6.08. The summed E-state index contributed by atoms with van der Waals surface area (Å²) in [7, 11) is 0. The van der Waals surface area contributed by atoms with Crippen molar-refractivity contribution in [2.45, 2.75) is 32.2 Å². The number of fused-ring (bicyclic) bond motifs is 1. The lowest BCUT2D eigenvalue weighted by Crippen LogP contribution is -2.40. The van der Waals surface area contributed by atoms with Gasteiger partial charge in [-0.05, 0) is 48.9 Å². The van der Waals surface area contributed by atoms with Crippen molar-refractivity contribution in [2.75, 3.05) is 13.1 Å². The van der Waals surface area contributed by atoms with E-state index in [1.807, 2.05) is 18.5 Å². The molecule has 0 aliphatic carbocycles. The highest BCUT2D eigenvalue weighted by Gasteiger charge is 2.29. The Morgan fingerprint density at radius 1 is 1.41 bits per heavy atom. The van der Waals surface area contributed by atoms with E-state index in [1.165, 1.54) is 10.9 Å². The normalized spacial score (nSPS) is 20.9. The molecule has 116 valence electrons. The highest BCUT2D eigenvalue weighted by molar-refractivity contribution is 5.82. The summed E-state index contributed by atoms with van der Waals surface area (Å²) in [6, 6.07) is 8.80. The number of carboxylic acid groups (broad SMARTS) is 1. The third-order valence-electron chi connectivity index (χ3n) is 4.68. The van der Waals surface area contributed by atoms with Crippen molar-refractivity contribution in [3.63, 3.8) is 0 Å². The molecule has 2 heterocycles. The Morgan fingerprint density at radius 3 is 3.05 bits per heavy atom. The van der Waals surface area contributed by atoms with Crippen LogP contribution in [0.2, 0.25) is 0 Å². The summed E-state index contributed by atoms with van der Waals surface area (Å²) < 4.78 is 0. The Balaban J connectivity index is 1.87. The van der Waals surface area contributed by atoms with Gasteiger partial charge in [-0.1, -0.05) is 19.1 Å². The average molecular weight is 298 g/mol. The molecule has 1 aliphatic rings. The van der Waals surface area contributed by atoms with Crippen LogP contribution in [0.1, 0.15) is 37.8 Å². The smallest absolute Gasteiger partial charge is 0.307 e. The standard InChI is InChI=1S/C18H22N2O2/c1-2-17(20-9-3-4-16(12-20)18(21)22)14-5-6-15-11-19-8-7-13(15)10-14/h5-8,10-11,16-17H,2-4,9,12H2,1H3,(H,21,22). The number of hydrogen-bond acceptors (Lipinski definition) is 3. The Bertz CT molecular complexity index is 671. The van der Waals surface area contributed by atoms with Crippen molar-refractivity contribution in [3.05, 3.63) is 42.2 Å². The molecule has 1 N–H and O–H groups in total. The van der Waals surface area contributed by atoms with E-state index in [9.17, 15) is 9.90 Å². The highest BCUT2D eigenvalue weighted by Crippen LogP contribution is 2.31. The molecule has 2 unspecified atom stereocenters. The lowest BCUT2D eigenvalue weighted by atomic mass is 9.93. The van der Waals surface area contributed by atoms with Crippen LogP contribution in [0.3, 0.4) is 0 Å². The molecule has 2 atom stereocenters. The summed E-state index contributed by atoms with van der Waals surface area (Å²) in [4.78, 5) is 17.8. The quantitative estimate of drug-likeness (QED) is 0.939. The molecule has 1 aromatic heterocycles. The first-order valence-electron chi connectivity index (χ1n) is 7.99. The first kappa shape index (κ1) is 15.0. The van der Waals surface area contributed by atoms with Crippen molar-refractivity contribution < 1.29 is 9.90 Å². The number of benzene rings is 1. The number of hydrogen-bond donors (Lipinski definition) is 1. The van der Waals surface area contributed by atoms with E-state index < -0.39 is 5.97 Å². The molecule has 0 bridgehead atoms. The number of nitrogens with zero attached hydrogens (tertiary/aromatic N) is 2. The monoisotopic (exact) mass is 298 g/mol. The second-order valence-electron chi connectivity index (χ2n) is 6.08. The largest absolute Gasteiger partial charge is 0.481 e. The first-order chi connectivity index (χ1) is 10.7. The van der Waals surface area contributed by atoms with E-state index in [4.69, 9.17) is 0 Å². The molecular weight excluding hydrogens is 276 g/mol. The SMILES string of the molecule is CCC(c1ccc2cnccc2c1)N1CCCC(C(=O)O)C1. The summed E-state index contributed by atoms with van der Waals surface area (Å²) in [5.41, 5.74) is 1.27. The number of piperidine rings is 1. The zero-order valence-corrected chi connectivity index (χ0v) is 12.9. The fourth-order valence-electron chi connectivity index (χ4n) is 3.50. The van der Waals surface area contributed by atoms with Gasteiger partial charge in [0.25, 0.3) is 0 Å². The fourth-order valence-corrected chi connectivity index (χ4v) is 3.50. The highest BCUT2D eigenvalue weighted by atomic mass is 16.4. The predicted octanol–water partition coefficient (Wildman–Crippen LogP) is 3.48. The van der Waals surface area contributed by atoms with Crippen LogP contribution in [0.4, 0.5) is 0 Å². The maximum atomic E-state index is 11.3. The molecule has 0 radical (unpaired) electrons. The number of likely N-dealkylation sites (tertiary alicyclic amines) is 1. The first-order valence-corrected chi connectivity index (χ1v) is 7.99. The summed E-state index contributed by atoms with van der Waals surface area (Å²) in [5, 5.41) is 11.6. The summed E-state index contributed by atoms with van der Waals surface area (Å²) in [6.07, 6.45) is 6.44. The minimum atomic E-state index is -0.663. The number of carboxylic acids is 1. The van der Waals surface area contributed by atoms with Crippen molar-refractivity contribution in [1.82, 2.24) is 9.88 Å². The van der Waals surface area contributed by atoms with Crippen molar-refractivity contribution in [2.24, 2.45) is 5.92 Å². The van der Waals surface area contributed by atoms with Crippen LogP contribution in [-0.4, -0.2) is 34.0 Å². The van der Waals surface area contributed by atoms with Crippen molar-refractivity contribution in [1.29, 1.82) is 0 Å². The number of carbonyl (C=O) groups is 1. The number of pyridine rings is 1. The molecular formula is C18H22N2O2. The molecule has 0 spiro atoms. The van der Waals surface area contributed by atoms with Gasteiger partial charge in [-0.15, -0.1) is 0 Å². The van der Waals surface area contributed by atoms with Crippen LogP contribution in [-0.2, 0) is 4.79 Å². The zero-order chi connectivity index (χ0) is 15.5. The summed E-state index contributed by atoms with van der Waals surface area (Å²) in [5.74, 6) is -0.892. The van der Waals surface area contributed by atoms with Crippen LogP contribution in [0.15, 0.2) is 36.7 Å². The van der Waals surface area contributed by atoms with E-state index in [2.05, 4.69) is 35.0 Å². The lowest BCUT2D eigenvalue weighted by molar-refractivity contribution is -0.144. The van der Waals surface area contributed by atoms with Crippen molar-refractivity contribution in [3.8, 4) is 0 Å². The van der Waals surface area contributed by atoms with Gasteiger partial charge in [-0.25, -0.2) is 0 Å². The van der Waals surface area contributed by atoms with Gasteiger partial charge in [0.1, 0.15) is 0 Å². The van der Waals surface area contributed by atoms with Gasteiger partial charge in [0, 0.05) is 30.4 Å². The number of aromatic nitrogens is 1. The minimum absolute atomic E-state index is 0.229. The zero-order valence-electron chi connectivity index (χ0n) is 12.9.